The summed E-state index contributed by atoms with van der Waals surface area (Å²) in [5.74, 6) is 4.45. The second kappa shape index (κ2) is 5.64. The van der Waals surface area contributed by atoms with Gasteiger partial charge in [0.25, 0.3) is 0 Å². The molecule has 0 aromatic carbocycles. The molecule has 0 aliphatic heterocycles. The van der Waals surface area contributed by atoms with Crippen molar-refractivity contribution in [3.8, 4) is 0 Å². The van der Waals surface area contributed by atoms with E-state index < -0.39 is 0 Å². The van der Waals surface area contributed by atoms with Crippen molar-refractivity contribution < 1.29 is 0 Å². The van der Waals surface area contributed by atoms with Crippen LogP contribution in [0.3, 0.4) is 0 Å². The average molecular weight is 283 g/mol. The summed E-state index contributed by atoms with van der Waals surface area (Å²) < 4.78 is 0. The van der Waals surface area contributed by atoms with Gasteiger partial charge in [0.15, 0.2) is 0 Å². The number of nitrogens with zero attached hydrogens (tertiary/aromatic N) is 1. The Labute approximate surface area is 130 Å². The van der Waals surface area contributed by atoms with Crippen molar-refractivity contribution in [1.29, 1.82) is 0 Å². The van der Waals surface area contributed by atoms with Crippen LogP contribution < -0.4 is 0 Å². The van der Waals surface area contributed by atoms with Crippen LogP contribution in [0, 0.1) is 42.1 Å². The maximum Gasteiger partial charge on any atom is 0.226 e. The van der Waals surface area contributed by atoms with Gasteiger partial charge in [-0.2, -0.15) is 0 Å². The van der Waals surface area contributed by atoms with E-state index in [-0.39, 0.29) is 6.04 Å². The van der Waals surface area contributed by atoms with Crippen molar-refractivity contribution in [1.82, 2.24) is 0 Å². The topological polar surface area (TPSA) is 4.36 Å². The van der Waals surface area contributed by atoms with E-state index in [1.807, 2.05) is 0 Å². The quantitative estimate of drug-likeness (QED) is 0.465. The van der Waals surface area contributed by atoms with Crippen LogP contribution in [-0.4, -0.2) is 6.04 Å². The van der Waals surface area contributed by atoms with E-state index in [1.54, 1.807) is 0 Å². The molecule has 21 heavy (non-hydrogen) atoms. The predicted octanol–water partition coefficient (Wildman–Crippen LogP) is 5.51. The second-order valence-electron chi connectivity index (χ2n) is 8.04. The van der Waals surface area contributed by atoms with E-state index >= 15 is 0 Å². The SMILES string of the molecule is [C-]#[N+]C1CC[C@H]2C3C1CCC(=C)C3[C@H](CC(=C)C)C[C@@H]2C. The number of rotatable bonds is 2. The largest absolute Gasteiger partial charge is 0.313 e. The summed E-state index contributed by atoms with van der Waals surface area (Å²) in [4.78, 5) is 4.00. The Bertz CT molecular complexity index is 483. The van der Waals surface area contributed by atoms with Crippen molar-refractivity contribution in [2.24, 2.45) is 35.5 Å². The second-order valence-corrected chi connectivity index (χ2v) is 8.04. The third-order valence-corrected chi connectivity index (χ3v) is 6.65. The Morgan fingerprint density at radius 3 is 2.71 bits per heavy atom. The normalized spacial score (nSPS) is 45.6. The third kappa shape index (κ3) is 2.48. The van der Waals surface area contributed by atoms with Crippen molar-refractivity contribution in [2.75, 3.05) is 0 Å². The van der Waals surface area contributed by atoms with Crippen molar-refractivity contribution in [3.05, 3.63) is 35.7 Å². The molecule has 0 spiro atoms. The summed E-state index contributed by atoms with van der Waals surface area (Å²) in [6.07, 6.45) is 7.30. The van der Waals surface area contributed by atoms with Crippen LogP contribution in [0.4, 0.5) is 0 Å². The lowest BCUT2D eigenvalue weighted by molar-refractivity contribution is -0.0290. The molecule has 0 amide bonds. The summed E-state index contributed by atoms with van der Waals surface area (Å²) in [7, 11) is 0. The van der Waals surface area contributed by atoms with Crippen LogP contribution in [0.2, 0.25) is 0 Å². The maximum atomic E-state index is 7.58. The first-order valence-corrected chi connectivity index (χ1v) is 8.71. The van der Waals surface area contributed by atoms with Gasteiger partial charge < -0.3 is 4.85 Å². The highest BCUT2D eigenvalue weighted by Crippen LogP contribution is 2.58. The molecule has 1 heteroatoms. The van der Waals surface area contributed by atoms with Crippen LogP contribution in [-0.2, 0) is 0 Å². The molecular weight excluding hydrogens is 254 g/mol. The van der Waals surface area contributed by atoms with Crippen molar-refractivity contribution in [2.45, 2.75) is 58.4 Å². The van der Waals surface area contributed by atoms with Gasteiger partial charge in [-0.05, 0) is 68.6 Å². The molecule has 0 aromatic rings. The molecule has 0 saturated heterocycles. The molecule has 0 aromatic heterocycles. The molecule has 4 unspecified atom stereocenters. The lowest BCUT2D eigenvalue weighted by Gasteiger charge is -2.55. The van der Waals surface area contributed by atoms with Crippen LogP contribution in [0.25, 0.3) is 4.85 Å². The molecule has 3 aliphatic carbocycles. The van der Waals surface area contributed by atoms with Gasteiger partial charge in [-0.15, -0.1) is 6.58 Å². The Morgan fingerprint density at radius 1 is 1.29 bits per heavy atom. The monoisotopic (exact) mass is 283 g/mol. The number of hydrogen-bond acceptors (Lipinski definition) is 0. The minimum absolute atomic E-state index is 0.289. The molecule has 3 fully saturated rings. The Morgan fingerprint density at radius 2 is 2.05 bits per heavy atom. The third-order valence-electron chi connectivity index (χ3n) is 6.65. The van der Waals surface area contributed by atoms with E-state index in [1.165, 1.54) is 30.4 Å². The molecular formula is C20H29N. The fourth-order valence-corrected chi connectivity index (χ4v) is 5.98. The van der Waals surface area contributed by atoms with E-state index in [0.29, 0.717) is 11.8 Å². The average Bonchev–Trinajstić information content (AvgIpc) is 2.44. The standard InChI is InChI=1S/C20H29N/c1-12(2)10-15-11-14(4)16-8-9-18(21-5)17-7-6-13(3)19(15)20(16)17/h14-20H,1,3,6-11H2,2,4H3/t14-,15+,16+,17?,18?,19?,20?/m0/s1. The first-order valence-electron chi connectivity index (χ1n) is 8.71. The lowest BCUT2D eigenvalue weighted by Crippen LogP contribution is -2.51. The van der Waals surface area contributed by atoms with Gasteiger partial charge in [-0.25, -0.2) is 6.57 Å². The fourth-order valence-electron chi connectivity index (χ4n) is 5.98. The maximum absolute atomic E-state index is 7.58. The molecule has 3 rings (SSSR count). The molecule has 7 atom stereocenters. The molecule has 3 saturated carbocycles. The van der Waals surface area contributed by atoms with Gasteiger partial charge in [0.1, 0.15) is 0 Å². The molecule has 0 radical (unpaired) electrons. The molecule has 0 heterocycles. The molecule has 0 bridgehead atoms. The summed E-state index contributed by atoms with van der Waals surface area (Å²) in [5.41, 5.74) is 2.81. The lowest BCUT2D eigenvalue weighted by atomic mass is 9.48. The highest BCUT2D eigenvalue weighted by Gasteiger charge is 2.54. The Kier molecular flexibility index (Phi) is 4.00. The first kappa shape index (κ1) is 14.9. The van der Waals surface area contributed by atoms with Gasteiger partial charge in [0, 0.05) is 12.3 Å². The van der Waals surface area contributed by atoms with Gasteiger partial charge >= 0.3 is 0 Å². The van der Waals surface area contributed by atoms with E-state index in [2.05, 4.69) is 31.9 Å². The van der Waals surface area contributed by atoms with Gasteiger partial charge in [0.2, 0.25) is 6.04 Å². The first-order chi connectivity index (χ1) is 10.0. The minimum atomic E-state index is 0.289. The Balaban J connectivity index is 1.94. The Hall–Kier alpha value is -1.03. The van der Waals surface area contributed by atoms with Crippen LogP contribution >= 0.6 is 0 Å². The van der Waals surface area contributed by atoms with E-state index in [0.717, 1.165) is 42.9 Å². The summed E-state index contributed by atoms with van der Waals surface area (Å²) >= 11 is 0. The summed E-state index contributed by atoms with van der Waals surface area (Å²) in [5, 5.41) is 0. The predicted molar refractivity (Wildman–Crippen MR) is 88.7 cm³/mol. The fraction of sp³-hybridized carbons (Fsp3) is 0.750. The van der Waals surface area contributed by atoms with E-state index in [9.17, 15) is 0 Å². The van der Waals surface area contributed by atoms with Crippen molar-refractivity contribution in [3.63, 3.8) is 0 Å². The van der Waals surface area contributed by atoms with E-state index in [4.69, 9.17) is 6.57 Å². The van der Waals surface area contributed by atoms with Crippen LogP contribution in [0.1, 0.15) is 52.4 Å². The van der Waals surface area contributed by atoms with Crippen molar-refractivity contribution >= 4 is 0 Å². The summed E-state index contributed by atoms with van der Waals surface area (Å²) in [6, 6.07) is 0.289. The smallest absolute Gasteiger partial charge is 0.226 e. The molecule has 114 valence electrons. The zero-order valence-electron chi connectivity index (χ0n) is 13.6. The summed E-state index contributed by atoms with van der Waals surface area (Å²) in [6.45, 7) is 20.8. The molecule has 1 nitrogen and oxygen atoms in total. The van der Waals surface area contributed by atoms with Crippen LogP contribution in [0.15, 0.2) is 24.3 Å². The minimum Gasteiger partial charge on any atom is -0.313 e. The highest BCUT2D eigenvalue weighted by atomic mass is 14.8. The highest BCUT2D eigenvalue weighted by molar-refractivity contribution is 5.18. The van der Waals surface area contributed by atoms with Crippen LogP contribution in [0.5, 0.6) is 0 Å². The number of hydrogen-bond donors (Lipinski definition) is 0. The zero-order valence-corrected chi connectivity index (χ0v) is 13.6. The molecule has 3 aliphatic rings. The zero-order chi connectivity index (χ0) is 15.1. The van der Waals surface area contributed by atoms with Gasteiger partial charge in [-0.1, -0.05) is 24.6 Å². The number of allylic oxidation sites excluding steroid dienone is 2. The van der Waals surface area contributed by atoms with Gasteiger partial charge in [-0.3, -0.25) is 0 Å². The van der Waals surface area contributed by atoms with Gasteiger partial charge in [0.05, 0.1) is 0 Å². The molecule has 0 N–H and O–H groups in total.